The van der Waals surface area contributed by atoms with Crippen molar-refractivity contribution in [3.63, 3.8) is 0 Å². The molecule has 0 aliphatic rings. The molecule has 17 heavy (non-hydrogen) atoms. The van der Waals surface area contributed by atoms with Crippen LogP contribution in [0.1, 0.15) is 10.4 Å². The first-order chi connectivity index (χ1) is 8.11. The van der Waals surface area contributed by atoms with E-state index in [1.807, 2.05) is 6.26 Å². The van der Waals surface area contributed by atoms with Crippen molar-refractivity contribution in [2.75, 3.05) is 12.0 Å². The van der Waals surface area contributed by atoms with Gasteiger partial charge in [0.2, 0.25) is 11.1 Å². The maximum Gasteiger partial charge on any atom is 0.281 e. The van der Waals surface area contributed by atoms with Crippen molar-refractivity contribution >= 4 is 35.2 Å². The summed E-state index contributed by atoms with van der Waals surface area (Å²) in [5, 5.41) is 4.93. The highest BCUT2D eigenvalue weighted by Crippen LogP contribution is 2.15. The van der Waals surface area contributed by atoms with Crippen LogP contribution in [0.4, 0.5) is 5.95 Å². The number of nitrogens with zero attached hydrogens (tertiary/aromatic N) is 3. The second-order valence-corrected chi connectivity index (χ2v) is 4.39. The summed E-state index contributed by atoms with van der Waals surface area (Å²) in [5.41, 5.74) is 6.03. The average Bonchev–Trinajstić information content (AvgIpc) is 2.69. The van der Waals surface area contributed by atoms with Crippen LogP contribution in [0.3, 0.4) is 0 Å². The number of hydrogen-bond acceptors (Lipinski definition) is 5. The zero-order chi connectivity index (χ0) is 12.4. The Labute approximate surface area is 107 Å². The number of thioether (sulfide) groups is 1. The molecule has 0 aliphatic carbocycles. The standard InChI is InChI=1S/C10H9ClN4OS/c1-17-10-13-9(12)15(14-10)8(16)6-3-2-4-7(11)5-6/h2-5H,1H3,(H2,12,13,14). The SMILES string of the molecule is CSc1nc(N)n(C(=O)c2cccc(Cl)c2)n1. The summed E-state index contributed by atoms with van der Waals surface area (Å²) in [6, 6.07) is 6.59. The van der Waals surface area contributed by atoms with Crippen LogP contribution in [0.25, 0.3) is 0 Å². The first kappa shape index (κ1) is 11.9. The zero-order valence-corrected chi connectivity index (χ0v) is 10.5. The Hall–Kier alpha value is -1.53. The lowest BCUT2D eigenvalue weighted by Gasteiger charge is -2.01. The first-order valence-corrected chi connectivity index (χ1v) is 6.29. The van der Waals surface area contributed by atoms with E-state index in [0.29, 0.717) is 15.7 Å². The molecule has 1 heterocycles. The molecule has 7 heteroatoms. The van der Waals surface area contributed by atoms with Crippen LogP contribution in [-0.4, -0.2) is 26.9 Å². The summed E-state index contributed by atoms with van der Waals surface area (Å²) in [7, 11) is 0. The van der Waals surface area contributed by atoms with E-state index >= 15 is 0 Å². The van der Waals surface area contributed by atoms with Gasteiger partial charge in [0.25, 0.3) is 5.91 Å². The van der Waals surface area contributed by atoms with E-state index in [9.17, 15) is 4.79 Å². The minimum Gasteiger partial charge on any atom is -0.368 e. The smallest absolute Gasteiger partial charge is 0.281 e. The lowest BCUT2D eigenvalue weighted by atomic mass is 10.2. The van der Waals surface area contributed by atoms with Gasteiger partial charge in [0.1, 0.15) is 0 Å². The van der Waals surface area contributed by atoms with E-state index in [4.69, 9.17) is 17.3 Å². The molecule has 2 N–H and O–H groups in total. The molecule has 0 spiro atoms. The predicted molar refractivity (Wildman–Crippen MR) is 67.4 cm³/mol. The number of nitrogens with two attached hydrogens (primary N) is 1. The number of carbonyl (C=O) groups excluding carboxylic acids is 1. The van der Waals surface area contributed by atoms with Gasteiger partial charge in [0, 0.05) is 10.6 Å². The highest BCUT2D eigenvalue weighted by Gasteiger charge is 2.15. The van der Waals surface area contributed by atoms with Gasteiger partial charge >= 0.3 is 0 Å². The summed E-state index contributed by atoms with van der Waals surface area (Å²) in [4.78, 5) is 16.0. The van der Waals surface area contributed by atoms with Crippen LogP contribution in [0.5, 0.6) is 0 Å². The third-order valence-corrected chi connectivity index (χ3v) is 2.83. The second-order valence-electron chi connectivity index (χ2n) is 3.18. The van der Waals surface area contributed by atoms with Crippen molar-refractivity contribution in [1.82, 2.24) is 14.8 Å². The highest BCUT2D eigenvalue weighted by molar-refractivity contribution is 7.98. The molecule has 0 unspecified atom stereocenters. The Morgan fingerprint density at radius 1 is 1.53 bits per heavy atom. The van der Waals surface area contributed by atoms with Gasteiger partial charge in [0.15, 0.2) is 0 Å². The molecule has 1 aromatic carbocycles. The monoisotopic (exact) mass is 268 g/mol. The molecule has 0 fully saturated rings. The summed E-state index contributed by atoms with van der Waals surface area (Å²) in [5.74, 6) is -0.280. The fourth-order valence-corrected chi connectivity index (χ4v) is 1.82. The molecular weight excluding hydrogens is 260 g/mol. The molecule has 0 radical (unpaired) electrons. The first-order valence-electron chi connectivity index (χ1n) is 4.68. The van der Waals surface area contributed by atoms with Gasteiger partial charge < -0.3 is 5.73 Å². The molecule has 2 rings (SSSR count). The lowest BCUT2D eigenvalue weighted by Crippen LogP contribution is -2.16. The second kappa shape index (κ2) is 4.77. The van der Waals surface area contributed by atoms with Crippen molar-refractivity contribution in [2.45, 2.75) is 5.16 Å². The zero-order valence-electron chi connectivity index (χ0n) is 8.92. The van der Waals surface area contributed by atoms with Gasteiger partial charge in [-0.3, -0.25) is 4.79 Å². The Bertz CT molecular complexity index is 569. The van der Waals surface area contributed by atoms with E-state index in [0.717, 1.165) is 4.68 Å². The lowest BCUT2D eigenvalue weighted by molar-refractivity contribution is 0.0946. The van der Waals surface area contributed by atoms with Crippen LogP contribution in [0, 0.1) is 0 Å². The van der Waals surface area contributed by atoms with Crippen molar-refractivity contribution in [3.05, 3.63) is 34.9 Å². The van der Waals surface area contributed by atoms with Gasteiger partial charge in [0.05, 0.1) is 0 Å². The molecule has 0 amide bonds. The van der Waals surface area contributed by atoms with Gasteiger partial charge in [-0.2, -0.15) is 9.67 Å². The minimum atomic E-state index is -0.349. The largest absolute Gasteiger partial charge is 0.368 e. The Morgan fingerprint density at radius 3 is 2.88 bits per heavy atom. The molecule has 0 atom stereocenters. The maximum atomic E-state index is 12.1. The molecule has 5 nitrogen and oxygen atoms in total. The maximum absolute atomic E-state index is 12.1. The highest BCUT2D eigenvalue weighted by atomic mass is 35.5. The molecule has 0 saturated carbocycles. The van der Waals surface area contributed by atoms with Crippen molar-refractivity contribution in [2.24, 2.45) is 0 Å². The van der Waals surface area contributed by atoms with E-state index in [1.165, 1.54) is 11.8 Å². The molecule has 88 valence electrons. The summed E-state index contributed by atoms with van der Waals surface area (Å²) in [6.45, 7) is 0. The summed E-state index contributed by atoms with van der Waals surface area (Å²) < 4.78 is 1.07. The van der Waals surface area contributed by atoms with Crippen LogP contribution in [0.15, 0.2) is 29.4 Å². The van der Waals surface area contributed by atoms with Crippen molar-refractivity contribution < 1.29 is 4.79 Å². The van der Waals surface area contributed by atoms with Gasteiger partial charge in [-0.05, 0) is 24.5 Å². The molecular formula is C10H9ClN4OS. The van der Waals surface area contributed by atoms with Crippen LogP contribution in [-0.2, 0) is 0 Å². The molecule has 0 aliphatic heterocycles. The fraction of sp³-hybridized carbons (Fsp3) is 0.100. The molecule has 0 bridgehead atoms. The fourth-order valence-electron chi connectivity index (χ4n) is 1.28. The van der Waals surface area contributed by atoms with Crippen molar-refractivity contribution in [3.8, 4) is 0 Å². The van der Waals surface area contributed by atoms with Crippen molar-refractivity contribution in [1.29, 1.82) is 0 Å². The number of rotatable bonds is 2. The average molecular weight is 269 g/mol. The van der Waals surface area contributed by atoms with Gasteiger partial charge in [-0.15, -0.1) is 5.10 Å². The Morgan fingerprint density at radius 2 is 2.29 bits per heavy atom. The Balaban J connectivity index is 2.40. The van der Waals surface area contributed by atoms with Crippen LogP contribution in [0.2, 0.25) is 5.02 Å². The van der Waals surface area contributed by atoms with Gasteiger partial charge in [-0.1, -0.05) is 29.4 Å². The third kappa shape index (κ3) is 2.42. The van der Waals surface area contributed by atoms with E-state index in [-0.39, 0.29) is 11.9 Å². The molecule has 0 saturated heterocycles. The number of anilines is 1. The van der Waals surface area contributed by atoms with Crippen LogP contribution >= 0.6 is 23.4 Å². The van der Waals surface area contributed by atoms with E-state index in [1.54, 1.807) is 24.3 Å². The predicted octanol–water partition coefficient (Wildman–Crippen LogP) is 1.92. The number of carbonyl (C=O) groups is 1. The minimum absolute atomic E-state index is 0.0688. The number of benzene rings is 1. The topological polar surface area (TPSA) is 73.8 Å². The number of aromatic nitrogens is 3. The summed E-state index contributed by atoms with van der Waals surface area (Å²) in [6.07, 6.45) is 1.81. The third-order valence-electron chi connectivity index (χ3n) is 2.06. The number of hydrogen-bond donors (Lipinski definition) is 1. The normalized spacial score (nSPS) is 10.5. The van der Waals surface area contributed by atoms with Crippen LogP contribution < -0.4 is 5.73 Å². The number of halogens is 1. The quantitative estimate of drug-likeness (QED) is 0.843. The van der Waals surface area contributed by atoms with Gasteiger partial charge in [-0.25, -0.2) is 0 Å². The summed E-state index contributed by atoms with van der Waals surface area (Å²) >= 11 is 7.13. The Kier molecular flexibility index (Phi) is 3.35. The molecule has 2 aromatic rings. The van der Waals surface area contributed by atoms with E-state index < -0.39 is 0 Å². The number of nitrogen functional groups attached to an aromatic ring is 1. The molecule has 1 aromatic heterocycles. The van der Waals surface area contributed by atoms with E-state index in [2.05, 4.69) is 10.1 Å².